The molecule has 0 spiro atoms. The topological polar surface area (TPSA) is 58.6 Å². The van der Waals surface area contributed by atoms with Gasteiger partial charge in [0, 0.05) is 11.3 Å². The Morgan fingerprint density at radius 1 is 1.15 bits per heavy atom. The number of hydrogen-bond donors (Lipinski definition) is 2. The van der Waals surface area contributed by atoms with Crippen LogP contribution in [0.4, 0.5) is 5.69 Å². The molecule has 2 aromatic rings. The van der Waals surface area contributed by atoms with E-state index in [9.17, 15) is 9.90 Å². The molecule has 4 heteroatoms. The number of phenols is 1. The van der Waals surface area contributed by atoms with Crippen LogP contribution in [-0.2, 0) is 0 Å². The van der Waals surface area contributed by atoms with Crippen molar-refractivity contribution in [2.24, 2.45) is 0 Å². The Labute approximate surface area is 118 Å². The highest BCUT2D eigenvalue weighted by Gasteiger charge is 2.10. The molecule has 0 saturated carbocycles. The second kappa shape index (κ2) is 5.65. The fourth-order valence-electron chi connectivity index (χ4n) is 1.98. The molecule has 0 radical (unpaired) electrons. The zero-order valence-electron chi connectivity index (χ0n) is 11.7. The number of amides is 1. The Kier molecular flexibility index (Phi) is 3.94. The zero-order chi connectivity index (χ0) is 14.7. The van der Waals surface area contributed by atoms with Gasteiger partial charge in [-0.3, -0.25) is 4.79 Å². The van der Waals surface area contributed by atoms with Gasteiger partial charge in [0.25, 0.3) is 5.91 Å². The summed E-state index contributed by atoms with van der Waals surface area (Å²) < 4.78 is 4.95. The molecule has 2 aromatic carbocycles. The molecule has 0 saturated heterocycles. The number of hydrogen-bond acceptors (Lipinski definition) is 3. The van der Waals surface area contributed by atoms with Crippen molar-refractivity contribution in [1.82, 2.24) is 0 Å². The minimum Gasteiger partial charge on any atom is -0.504 e. The van der Waals surface area contributed by atoms with Gasteiger partial charge in [-0.1, -0.05) is 17.7 Å². The number of methoxy groups -OCH3 is 1. The number of carbonyl (C=O) groups excluding carboxylic acids is 1. The SMILES string of the molecule is COc1ccc(C(=O)Nc2ccc(C)cc2C)cc1O. The molecule has 104 valence electrons. The standard InChI is InChI=1S/C16H17NO3/c1-10-4-6-13(11(2)8-10)17-16(19)12-5-7-15(20-3)14(18)9-12/h4-9,18H,1-3H3,(H,17,19). The number of benzene rings is 2. The molecule has 0 atom stereocenters. The smallest absolute Gasteiger partial charge is 0.255 e. The van der Waals surface area contributed by atoms with E-state index in [1.807, 2.05) is 32.0 Å². The Hall–Kier alpha value is -2.49. The maximum atomic E-state index is 12.1. The van der Waals surface area contributed by atoms with Crippen molar-refractivity contribution in [1.29, 1.82) is 0 Å². The maximum absolute atomic E-state index is 12.1. The quantitative estimate of drug-likeness (QED) is 0.900. The van der Waals surface area contributed by atoms with Crippen molar-refractivity contribution in [2.75, 3.05) is 12.4 Å². The van der Waals surface area contributed by atoms with Gasteiger partial charge in [-0.2, -0.15) is 0 Å². The van der Waals surface area contributed by atoms with Gasteiger partial charge in [0.1, 0.15) is 0 Å². The predicted molar refractivity (Wildman–Crippen MR) is 78.5 cm³/mol. The molecule has 1 amide bonds. The van der Waals surface area contributed by atoms with Crippen LogP contribution in [0.5, 0.6) is 11.5 Å². The first-order valence-corrected chi connectivity index (χ1v) is 6.27. The summed E-state index contributed by atoms with van der Waals surface area (Å²) >= 11 is 0. The number of rotatable bonds is 3. The first-order chi connectivity index (χ1) is 9.51. The molecule has 2 rings (SSSR count). The van der Waals surface area contributed by atoms with Gasteiger partial charge in [0.05, 0.1) is 7.11 Å². The largest absolute Gasteiger partial charge is 0.504 e. The highest BCUT2D eigenvalue weighted by Crippen LogP contribution is 2.26. The fraction of sp³-hybridized carbons (Fsp3) is 0.188. The average molecular weight is 271 g/mol. The van der Waals surface area contributed by atoms with E-state index in [0.29, 0.717) is 11.3 Å². The summed E-state index contributed by atoms with van der Waals surface area (Å²) in [6.45, 7) is 3.94. The molecule has 0 aliphatic carbocycles. The summed E-state index contributed by atoms with van der Waals surface area (Å²) in [7, 11) is 1.46. The van der Waals surface area contributed by atoms with Crippen molar-refractivity contribution in [3.63, 3.8) is 0 Å². The monoisotopic (exact) mass is 271 g/mol. The lowest BCUT2D eigenvalue weighted by molar-refractivity contribution is 0.102. The summed E-state index contributed by atoms with van der Waals surface area (Å²) in [5, 5.41) is 12.5. The van der Waals surface area contributed by atoms with Crippen LogP contribution < -0.4 is 10.1 Å². The van der Waals surface area contributed by atoms with Gasteiger partial charge in [-0.25, -0.2) is 0 Å². The molecule has 0 fully saturated rings. The molecule has 4 nitrogen and oxygen atoms in total. The van der Waals surface area contributed by atoms with Gasteiger partial charge in [0.2, 0.25) is 0 Å². The third kappa shape index (κ3) is 2.91. The first-order valence-electron chi connectivity index (χ1n) is 6.27. The molecule has 2 N–H and O–H groups in total. The fourth-order valence-corrected chi connectivity index (χ4v) is 1.98. The number of aromatic hydroxyl groups is 1. The van der Waals surface area contributed by atoms with Crippen molar-refractivity contribution < 1.29 is 14.6 Å². The van der Waals surface area contributed by atoms with Crippen LogP contribution in [0.25, 0.3) is 0 Å². The molecule has 0 aliphatic heterocycles. The van der Waals surface area contributed by atoms with Crippen LogP contribution in [0, 0.1) is 13.8 Å². The summed E-state index contributed by atoms with van der Waals surface area (Å²) in [6, 6.07) is 10.4. The van der Waals surface area contributed by atoms with Crippen LogP contribution in [0.3, 0.4) is 0 Å². The van der Waals surface area contributed by atoms with E-state index in [1.165, 1.54) is 13.2 Å². The Morgan fingerprint density at radius 2 is 1.90 bits per heavy atom. The van der Waals surface area contributed by atoms with E-state index >= 15 is 0 Å². The van der Waals surface area contributed by atoms with Crippen LogP contribution in [0.1, 0.15) is 21.5 Å². The predicted octanol–water partition coefficient (Wildman–Crippen LogP) is 3.27. The van der Waals surface area contributed by atoms with Gasteiger partial charge in [-0.05, 0) is 43.7 Å². The lowest BCUT2D eigenvalue weighted by Gasteiger charge is -2.10. The van der Waals surface area contributed by atoms with Crippen LogP contribution >= 0.6 is 0 Å². The van der Waals surface area contributed by atoms with Crippen LogP contribution in [-0.4, -0.2) is 18.1 Å². The molecule has 0 unspecified atom stereocenters. The van der Waals surface area contributed by atoms with Gasteiger partial charge >= 0.3 is 0 Å². The average Bonchev–Trinajstić information content (AvgIpc) is 2.41. The lowest BCUT2D eigenvalue weighted by Crippen LogP contribution is -2.12. The first kappa shape index (κ1) is 13.9. The van der Waals surface area contributed by atoms with Crippen LogP contribution in [0.2, 0.25) is 0 Å². The van der Waals surface area contributed by atoms with Crippen molar-refractivity contribution in [2.45, 2.75) is 13.8 Å². The van der Waals surface area contributed by atoms with E-state index in [0.717, 1.165) is 16.8 Å². The minimum atomic E-state index is -0.269. The van der Waals surface area contributed by atoms with Gasteiger partial charge in [-0.15, -0.1) is 0 Å². The number of carbonyl (C=O) groups is 1. The summed E-state index contributed by atoms with van der Waals surface area (Å²) in [4.78, 5) is 12.1. The molecule has 0 aliphatic rings. The molecule has 0 aromatic heterocycles. The van der Waals surface area contributed by atoms with Crippen molar-refractivity contribution >= 4 is 11.6 Å². The Morgan fingerprint density at radius 3 is 2.50 bits per heavy atom. The highest BCUT2D eigenvalue weighted by atomic mass is 16.5. The van der Waals surface area contributed by atoms with E-state index in [2.05, 4.69) is 5.32 Å². The summed E-state index contributed by atoms with van der Waals surface area (Å²) in [5.74, 6) is 0.0174. The zero-order valence-corrected chi connectivity index (χ0v) is 11.7. The number of aryl methyl sites for hydroxylation is 2. The molecule has 0 heterocycles. The number of nitrogens with one attached hydrogen (secondary N) is 1. The molecule has 20 heavy (non-hydrogen) atoms. The van der Waals surface area contributed by atoms with Gasteiger partial charge in [0.15, 0.2) is 11.5 Å². The molecule has 0 bridgehead atoms. The van der Waals surface area contributed by atoms with Crippen molar-refractivity contribution in [3.8, 4) is 11.5 Å². The Balaban J connectivity index is 2.21. The molecular formula is C16H17NO3. The maximum Gasteiger partial charge on any atom is 0.255 e. The lowest BCUT2D eigenvalue weighted by atomic mass is 10.1. The van der Waals surface area contributed by atoms with E-state index in [-0.39, 0.29) is 11.7 Å². The second-order valence-corrected chi connectivity index (χ2v) is 4.66. The highest BCUT2D eigenvalue weighted by molar-refractivity contribution is 6.05. The van der Waals surface area contributed by atoms with Crippen LogP contribution in [0.15, 0.2) is 36.4 Å². The van der Waals surface area contributed by atoms with E-state index < -0.39 is 0 Å². The third-order valence-corrected chi connectivity index (χ3v) is 3.07. The second-order valence-electron chi connectivity index (χ2n) is 4.66. The number of ether oxygens (including phenoxy) is 1. The van der Waals surface area contributed by atoms with E-state index in [1.54, 1.807) is 12.1 Å². The van der Waals surface area contributed by atoms with E-state index in [4.69, 9.17) is 4.74 Å². The summed E-state index contributed by atoms with van der Waals surface area (Å²) in [5.41, 5.74) is 3.28. The third-order valence-electron chi connectivity index (χ3n) is 3.07. The molecular weight excluding hydrogens is 254 g/mol. The number of phenolic OH excluding ortho intramolecular Hbond substituents is 1. The minimum absolute atomic E-state index is 0.0548. The summed E-state index contributed by atoms with van der Waals surface area (Å²) in [6.07, 6.45) is 0. The normalized spacial score (nSPS) is 10.2. The van der Waals surface area contributed by atoms with Gasteiger partial charge < -0.3 is 15.2 Å². The van der Waals surface area contributed by atoms with Crippen molar-refractivity contribution in [3.05, 3.63) is 53.1 Å². The number of anilines is 1. The Bertz CT molecular complexity index is 650.